The molecule has 2 atom stereocenters. The molecule has 1 N–H and O–H groups in total. The molecule has 0 bridgehead atoms. The fourth-order valence-corrected chi connectivity index (χ4v) is 3.11. The van der Waals surface area contributed by atoms with Gasteiger partial charge in [-0.1, -0.05) is 36.0 Å². The highest BCUT2D eigenvalue weighted by atomic mass is 35.5. The third-order valence-corrected chi connectivity index (χ3v) is 4.36. The molecule has 122 valence electrons. The van der Waals surface area contributed by atoms with E-state index in [2.05, 4.69) is 5.32 Å². The van der Waals surface area contributed by atoms with E-state index in [1.165, 1.54) is 0 Å². The second-order valence-electron chi connectivity index (χ2n) is 5.26. The number of carbonyl (C=O) groups excluding carboxylic acids is 1. The zero-order valence-corrected chi connectivity index (χ0v) is 12.8. The van der Waals surface area contributed by atoms with Crippen molar-refractivity contribution in [1.82, 2.24) is 5.32 Å². The lowest BCUT2D eigenvalue weighted by molar-refractivity contribution is -0.187. The second-order valence-corrected chi connectivity index (χ2v) is 6.07. The van der Waals surface area contributed by atoms with Gasteiger partial charge in [-0.25, -0.2) is 4.39 Å². The molecule has 1 aromatic carbocycles. The van der Waals surface area contributed by atoms with Crippen molar-refractivity contribution in [3.63, 3.8) is 0 Å². The molecule has 1 aromatic rings. The first-order valence-corrected chi connectivity index (χ1v) is 7.48. The smallest absolute Gasteiger partial charge is 0.349 e. The molecule has 1 saturated carbocycles. The number of carbonyl (C=O) groups is 1. The molecule has 1 fully saturated rings. The van der Waals surface area contributed by atoms with Gasteiger partial charge in [-0.2, -0.15) is 13.2 Å². The van der Waals surface area contributed by atoms with Crippen molar-refractivity contribution in [1.29, 1.82) is 0 Å². The van der Waals surface area contributed by atoms with Crippen molar-refractivity contribution in [2.75, 3.05) is 0 Å². The van der Waals surface area contributed by atoms with Gasteiger partial charge in [0, 0.05) is 6.04 Å². The van der Waals surface area contributed by atoms with Crippen LogP contribution in [0.2, 0.25) is 10.0 Å². The number of hydrogen-bond donors (Lipinski definition) is 1. The molecule has 1 aliphatic carbocycles. The Labute approximate surface area is 134 Å². The van der Waals surface area contributed by atoms with E-state index in [1.807, 2.05) is 0 Å². The number of hydrogen-bond acceptors (Lipinski definition) is 1. The third-order valence-electron chi connectivity index (χ3n) is 3.76. The summed E-state index contributed by atoms with van der Waals surface area (Å²) in [6.45, 7) is 0. The van der Waals surface area contributed by atoms with Gasteiger partial charge >= 0.3 is 6.18 Å². The maximum absolute atomic E-state index is 13.4. The fourth-order valence-electron chi connectivity index (χ4n) is 2.64. The van der Waals surface area contributed by atoms with Crippen LogP contribution in [0.1, 0.15) is 36.0 Å². The van der Waals surface area contributed by atoms with Gasteiger partial charge < -0.3 is 5.32 Å². The second kappa shape index (κ2) is 6.62. The highest BCUT2D eigenvalue weighted by molar-refractivity contribution is 6.36. The lowest BCUT2D eigenvalue weighted by Gasteiger charge is -2.33. The Morgan fingerprint density at radius 3 is 2.41 bits per heavy atom. The Balaban J connectivity index is 2.18. The first kappa shape index (κ1) is 17.3. The van der Waals surface area contributed by atoms with Crippen molar-refractivity contribution in [3.05, 3.63) is 33.6 Å². The zero-order chi connectivity index (χ0) is 16.5. The summed E-state index contributed by atoms with van der Waals surface area (Å²) in [5, 5.41) is 1.96. The summed E-state index contributed by atoms with van der Waals surface area (Å²) < 4.78 is 52.4. The maximum Gasteiger partial charge on any atom is 0.393 e. The van der Waals surface area contributed by atoms with Crippen molar-refractivity contribution in [2.45, 2.75) is 37.9 Å². The highest BCUT2D eigenvalue weighted by Crippen LogP contribution is 2.38. The molecule has 0 heterocycles. The van der Waals surface area contributed by atoms with Gasteiger partial charge in [-0.15, -0.1) is 0 Å². The van der Waals surface area contributed by atoms with Crippen LogP contribution in [0, 0.1) is 11.7 Å². The molecule has 1 aliphatic rings. The SMILES string of the molecule is O=C(NC1CCCCC1C(F)(F)F)c1cc(F)c(Cl)cc1Cl. The Morgan fingerprint density at radius 2 is 1.77 bits per heavy atom. The average molecular weight is 358 g/mol. The molecule has 0 aromatic heterocycles. The molecule has 8 heteroatoms. The van der Waals surface area contributed by atoms with E-state index in [9.17, 15) is 22.4 Å². The summed E-state index contributed by atoms with van der Waals surface area (Å²) in [4.78, 5) is 12.1. The van der Waals surface area contributed by atoms with Crippen LogP contribution in [0.5, 0.6) is 0 Å². The monoisotopic (exact) mass is 357 g/mol. The molecule has 1 amide bonds. The van der Waals surface area contributed by atoms with Crippen LogP contribution in [0.25, 0.3) is 0 Å². The number of rotatable bonds is 2. The van der Waals surface area contributed by atoms with E-state index in [1.54, 1.807) is 0 Å². The summed E-state index contributed by atoms with van der Waals surface area (Å²) in [5.41, 5.74) is -0.227. The van der Waals surface area contributed by atoms with Gasteiger partial charge in [0.25, 0.3) is 5.91 Å². The predicted molar refractivity (Wildman–Crippen MR) is 75.7 cm³/mol. The van der Waals surface area contributed by atoms with Crippen LogP contribution in [-0.2, 0) is 0 Å². The third kappa shape index (κ3) is 3.84. The molecule has 0 radical (unpaired) electrons. The Bertz CT molecular complexity index is 577. The quantitative estimate of drug-likeness (QED) is 0.586. The van der Waals surface area contributed by atoms with Gasteiger partial charge in [-0.05, 0) is 25.0 Å². The lowest BCUT2D eigenvalue weighted by atomic mass is 9.84. The Hall–Kier alpha value is -1.01. The molecule has 2 unspecified atom stereocenters. The van der Waals surface area contributed by atoms with Crippen molar-refractivity contribution in [3.8, 4) is 0 Å². The number of halogens is 6. The van der Waals surface area contributed by atoms with Crippen LogP contribution in [-0.4, -0.2) is 18.1 Å². The predicted octanol–water partition coefficient (Wildman–Crippen LogP) is 4.98. The highest BCUT2D eigenvalue weighted by Gasteiger charge is 2.46. The van der Waals surface area contributed by atoms with Gasteiger partial charge in [0.2, 0.25) is 0 Å². The van der Waals surface area contributed by atoms with Crippen LogP contribution >= 0.6 is 23.2 Å². The average Bonchev–Trinajstić information content (AvgIpc) is 2.42. The topological polar surface area (TPSA) is 29.1 Å². The van der Waals surface area contributed by atoms with E-state index in [0.29, 0.717) is 12.8 Å². The van der Waals surface area contributed by atoms with E-state index in [-0.39, 0.29) is 28.5 Å². The van der Waals surface area contributed by atoms with Crippen LogP contribution < -0.4 is 5.32 Å². The number of benzene rings is 1. The molecule has 22 heavy (non-hydrogen) atoms. The van der Waals surface area contributed by atoms with Crippen molar-refractivity contribution < 1.29 is 22.4 Å². The molecule has 0 saturated heterocycles. The summed E-state index contributed by atoms with van der Waals surface area (Å²) in [6, 6.07) is 0.844. The first-order chi connectivity index (χ1) is 10.2. The zero-order valence-electron chi connectivity index (χ0n) is 11.3. The maximum atomic E-state index is 13.4. The standard InChI is InChI=1S/C14H13Cl2F4NO/c15-9-6-10(16)11(17)5-7(9)13(22)21-12-4-2-1-3-8(12)14(18,19)20/h5-6,8,12H,1-4H2,(H,21,22). The van der Waals surface area contributed by atoms with Gasteiger partial charge in [0.1, 0.15) is 5.82 Å². The van der Waals surface area contributed by atoms with Crippen molar-refractivity contribution >= 4 is 29.1 Å². The number of nitrogens with one attached hydrogen (secondary N) is 1. The lowest BCUT2D eigenvalue weighted by Crippen LogP contribution is -2.47. The van der Waals surface area contributed by atoms with Crippen LogP contribution in [0.3, 0.4) is 0 Å². The van der Waals surface area contributed by atoms with Crippen LogP contribution in [0.4, 0.5) is 17.6 Å². The van der Waals surface area contributed by atoms with E-state index in [4.69, 9.17) is 23.2 Å². The molecule has 2 rings (SSSR count). The fraction of sp³-hybridized carbons (Fsp3) is 0.500. The largest absolute Gasteiger partial charge is 0.393 e. The van der Waals surface area contributed by atoms with E-state index >= 15 is 0 Å². The number of amides is 1. The minimum atomic E-state index is -4.38. The minimum Gasteiger partial charge on any atom is -0.349 e. The normalized spacial score (nSPS) is 22.5. The minimum absolute atomic E-state index is 0.0306. The van der Waals surface area contributed by atoms with Gasteiger partial charge in [0.05, 0.1) is 21.5 Å². The Morgan fingerprint density at radius 1 is 1.14 bits per heavy atom. The molecule has 0 spiro atoms. The van der Waals surface area contributed by atoms with Crippen molar-refractivity contribution in [2.24, 2.45) is 5.92 Å². The molecular formula is C14H13Cl2F4NO. The number of alkyl halides is 3. The van der Waals surface area contributed by atoms with E-state index in [0.717, 1.165) is 12.1 Å². The van der Waals surface area contributed by atoms with Gasteiger partial charge in [-0.3, -0.25) is 4.79 Å². The molecular weight excluding hydrogens is 345 g/mol. The molecule has 0 aliphatic heterocycles. The molecule has 2 nitrogen and oxygen atoms in total. The Kier molecular flexibility index (Phi) is 5.22. The summed E-state index contributed by atoms with van der Waals surface area (Å²) in [7, 11) is 0. The van der Waals surface area contributed by atoms with E-state index < -0.39 is 29.9 Å². The summed E-state index contributed by atoms with van der Waals surface area (Å²) >= 11 is 11.3. The first-order valence-electron chi connectivity index (χ1n) is 6.72. The summed E-state index contributed by atoms with van der Waals surface area (Å²) in [6.07, 6.45) is -3.12. The van der Waals surface area contributed by atoms with Crippen LogP contribution in [0.15, 0.2) is 12.1 Å². The summed E-state index contributed by atoms with van der Waals surface area (Å²) in [5.74, 6) is -3.28. The van der Waals surface area contributed by atoms with Gasteiger partial charge in [0.15, 0.2) is 0 Å².